The SMILES string of the molecule is CCc1cc(Oc2cncc(F)c2)cc(C(=O)Nc2ccc(C#N)cn2)n1. The number of rotatable bonds is 5. The summed E-state index contributed by atoms with van der Waals surface area (Å²) in [4.78, 5) is 24.5. The molecule has 0 fully saturated rings. The summed E-state index contributed by atoms with van der Waals surface area (Å²) in [5, 5.41) is 11.4. The summed E-state index contributed by atoms with van der Waals surface area (Å²) in [6.07, 6.45) is 4.38. The Balaban J connectivity index is 1.83. The summed E-state index contributed by atoms with van der Waals surface area (Å²) in [7, 11) is 0. The van der Waals surface area contributed by atoms with Gasteiger partial charge in [0.05, 0.1) is 18.0 Å². The van der Waals surface area contributed by atoms with Crippen molar-refractivity contribution in [3.63, 3.8) is 0 Å². The topological polar surface area (TPSA) is 101 Å². The standard InChI is InChI=1S/C19H14FN5O2/c1-2-14-6-15(27-16-5-13(20)10-22-11-16)7-17(24-14)19(26)25-18-4-3-12(8-21)9-23-18/h3-7,9-11H,2H2,1H3,(H,23,25,26). The van der Waals surface area contributed by atoms with Crippen LogP contribution in [0.4, 0.5) is 10.2 Å². The number of aryl methyl sites for hydroxylation is 1. The third-order valence-electron chi connectivity index (χ3n) is 3.50. The predicted octanol–water partition coefficient (Wildman–Crippen LogP) is 3.49. The molecular weight excluding hydrogens is 349 g/mol. The van der Waals surface area contributed by atoms with E-state index in [0.717, 1.165) is 6.20 Å². The summed E-state index contributed by atoms with van der Waals surface area (Å²) in [5.74, 6) is -0.165. The zero-order valence-electron chi connectivity index (χ0n) is 14.3. The number of nitrogens with zero attached hydrogens (tertiary/aromatic N) is 4. The Hall–Kier alpha value is -3.86. The zero-order chi connectivity index (χ0) is 19.2. The quantitative estimate of drug-likeness (QED) is 0.745. The van der Waals surface area contributed by atoms with Crippen LogP contribution in [0.25, 0.3) is 0 Å². The van der Waals surface area contributed by atoms with Crippen LogP contribution in [0.2, 0.25) is 0 Å². The molecule has 0 bridgehead atoms. The second kappa shape index (κ2) is 8.01. The molecule has 3 aromatic rings. The summed E-state index contributed by atoms with van der Waals surface area (Å²) < 4.78 is 18.9. The van der Waals surface area contributed by atoms with Crippen molar-refractivity contribution < 1.29 is 13.9 Å². The maximum atomic E-state index is 13.3. The van der Waals surface area contributed by atoms with Gasteiger partial charge in [-0.05, 0) is 18.6 Å². The number of hydrogen-bond donors (Lipinski definition) is 1. The molecule has 0 atom stereocenters. The molecule has 134 valence electrons. The highest BCUT2D eigenvalue weighted by Gasteiger charge is 2.13. The van der Waals surface area contributed by atoms with E-state index in [9.17, 15) is 9.18 Å². The minimum atomic E-state index is -0.526. The van der Waals surface area contributed by atoms with Crippen LogP contribution in [0.5, 0.6) is 11.5 Å². The molecule has 0 saturated heterocycles. The van der Waals surface area contributed by atoms with E-state index < -0.39 is 11.7 Å². The molecule has 27 heavy (non-hydrogen) atoms. The molecule has 1 amide bonds. The first-order chi connectivity index (χ1) is 13.1. The van der Waals surface area contributed by atoms with E-state index in [4.69, 9.17) is 10.00 Å². The molecule has 0 unspecified atom stereocenters. The number of aromatic nitrogens is 3. The van der Waals surface area contributed by atoms with Gasteiger partial charge in [-0.2, -0.15) is 5.26 Å². The Kier molecular flexibility index (Phi) is 5.33. The maximum absolute atomic E-state index is 13.3. The highest BCUT2D eigenvalue weighted by atomic mass is 19.1. The molecule has 3 rings (SSSR count). The molecule has 8 heteroatoms. The average Bonchev–Trinajstić information content (AvgIpc) is 2.68. The van der Waals surface area contributed by atoms with Crippen LogP contribution in [0, 0.1) is 17.1 Å². The Morgan fingerprint density at radius 2 is 2.07 bits per heavy atom. The van der Waals surface area contributed by atoms with Crippen molar-refractivity contribution in [1.82, 2.24) is 15.0 Å². The minimum Gasteiger partial charge on any atom is -0.455 e. The van der Waals surface area contributed by atoms with Crippen molar-refractivity contribution in [2.75, 3.05) is 5.32 Å². The molecule has 1 N–H and O–H groups in total. The number of ether oxygens (including phenoxy) is 1. The highest BCUT2D eigenvalue weighted by molar-refractivity contribution is 6.02. The van der Waals surface area contributed by atoms with Crippen LogP contribution in [0.3, 0.4) is 0 Å². The number of nitrogens with one attached hydrogen (secondary N) is 1. The van der Waals surface area contributed by atoms with Crippen molar-refractivity contribution >= 4 is 11.7 Å². The third-order valence-corrected chi connectivity index (χ3v) is 3.50. The van der Waals surface area contributed by atoms with Gasteiger partial charge in [-0.25, -0.2) is 14.4 Å². The van der Waals surface area contributed by atoms with E-state index >= 15 is 0 Å². The minimum absolute atomic E-state index is 0.125. The fourth-order valence-electron chi connectivity index (χ4n) is 2.21. The number of hydrogen-bond acceptors (Lipinski definition) is 6. The van der Waals surface area contributed by atoms with Gasteiger partial charge >= 0.3 is 0 Å². The fourth-order valence-corrected chi connectivity index (χ4v) is 2.21. The molecule has 0 aliphatic rings. The van der Waals surface area contributed by atoms with Gasteiger partial charge in [0, 0.05) is 30.1 Å². The second-order valence-corrected chi connectivity index (χ2v) is 5.47. The Morgan fingerprint density at radius 1 is 1.22 bits per heavy atom. The number of amides is 1. The first kappa shape index (κ1) is 17.9. The number of halogens is 1. The predicted molar refractivity (Wildman–Crippen MR) is 94.8 cm³/mol. The molecule has 0 aliphatic carbocycles. The first-order valence-electron chi connectivity index (χ1n) is 8.04. The maximum Gasteiger partial charge on any atom is 0.275 e. The molecule has 0 saturated carbocycles. The van der Waals surface area contributed by atoms with Gasteiger partial charge in [-0.1, -0.05) is 6.92 Å². The number of carbonyl (C=O) groups excluding carboxylic acids is 1. The lowest BCUT2D eigenvalue weighted by Gasteiger charge is -2.10. The average molecular weight is 363 g/mol. The van der Waals surface area contributed by atoms with Crippen LogP contribution in [-0.4, -0.2) is 20.9 Å². The van der Waals surface area contributed by atoms with E-state index in [-0.39, 0.29) is 11.4 Å². The fraction of sp³-hybridized carbons (Fsp3) is 0.105. The lowest BCUT2D eigenvalue weighted by Crippen LogP contribution is -2.15. The van der Waals surface area contributed by atoms with Gasteiger partial charge in [0.1, 0.15) is 34.9 Å². The van der Waals surface area contributed by atoms with Crippen molar-refractivity contribution in [3.8, 4) is 17.6 Å². The van der Waals surface area contributed by atoms with Crippen molar-refractivity contribution in [3.05, 3.63) is 71.7 Å². The van der Waals surface area contributed by atoms with Crippen LogP contribution in [0.15, 0.2) is 48.9 Å². The van der Waals surface area contributed by atoms with Crippen LogP contribution in [0.1, 0.15) is 28.7 Å². The monoisotopic (exact) mass is 363 g/mol. The molecule has 3 heterocycles. The Morgan fingerprint density at radius 3 is 2.74 bits per heavy atom. The largest absolute Gasteiger partial charge is 0.455 e. The van der Waals surface area contributed by atoms with E-state index in [2.05, 4.69) is 20.3 Å². The normalized spacial score (nSPS) is 10.1. The molecular formula is C19H14FN5O2. The highest BCUT2D eigenvalue weighted by Crippen LogP contribution is 2.23. The van der Waals surface area contributed by atoms with Gasteiger partial charge in [0.25, 0.3) is 5.91 Å². The molecule has 0 spiro atoms. The van der Waals surface area contributed by atoms with Gasteiger partial charge in [-0.3, -0.25) is 9.78 Å². The van der Waals surface area contributed by atoms with Gasteiger partial charge in [-0.15, -0.1) is 0 Å². The van der Waals surface area contributed by atoms with Crippen LogP contribution in [-0.2, 0) is 6.42 Å². The third kappa shape index (κ3) is 4.61. The number of anilines is 1. The van der Waals surface area contributed by atoms with E-state index in [0.29, 0.717) is 29.2 Å². The van der Waals surface area contributed by atoms with Crippen molar-refractivity contribution in [2.24, 2.45) is 0 Å². The summed E-state index contributed by atoms with van der Waals surface area (Å²) >= 11 is 0. The number of carbonyl (C=O) groups is 1. The van der Waals surface area contributed by atoms with Gasteiger partial charge in [0.2, 0.25) is 0 Å². The van der Waals surface area contributed by atoms with E-state index in [1.807, 2.05) is 13.0 Å². The molecule has 3 aromatic heterocycles. The van der Waals surface area contributed by atoms with Crippen LogP contribution >= 0.6 is 0 Å². The second-order valence-electron chi connectivity index (χ2n) is 5.47. The Bertz CT molecular complexity index is 1020. The first-order valence-corrected chi connectivity index (χ1v) is 8.04. The zero-order valence-corrected chi connectivity index (χ0v) is 14.3. The summed E-state index contributed by atoms with van der Waals surface area (Å²) in [5.41, 5.74) is 1.15. The van der Waals surface area contributed by atoms with Gasteiger partial charge < -0.3 is 10.1 Å². The summed E-state index contributed by atoms with van der Waals surface area (Å²) in [6, 6.07) is 9.33. The molecule has 0 aliphatic heterocycles. The van der Waals surface area contributed by atoms with Gasteiger partial charge in [0.15, 0.2) is 0 Å². The van der Waals surface area contributed by atoms with E-state index in [1.54, 1.807) is 12.1 Å². The molecule has 0 radical (unpaired) electrons. The lowest BCUT2D eigenvalue weighted by molar-refractivity contribution is 0.102. The smallest absolute Gasteiger partial charge is 0.275 e. The summed E-state index contributed by atoms with van der Waals surface area (Å²) in [6.45, 7) is 1.89. The molecule has 7 nitrogen and oxygen atoms in total. The van der Waals surface area contributed by atoms with Crippen LogP contribution < -0.4 is 10.1 Å². The van der Waals surface area contributed by atoms with Crippen molar-refractivity contribution in [1.29, 1.82) is 5.26 Å². The number of pyridine rings is 3. The lowest BCUT2D eigenvalue weighted by atomic mass is 10.2. The Labute approximate surface area is 154 Å². The number of nitriles is 1. The molecule has 0 aromatic carbocycles. The van der Waals surface area contributed by atoms with E-state index in [1.165, 1.54) is 30.6 Å². The van der Waals surface area contributed by atoms with Crippen molar-refractivity contribution in [2.45, 2.75) is 13.3 Å².